The molecule has 1 aliphatic heterocycles. The monoisotopic (exact) mass is 364 g/mol. The zero-order chi connectivity index (χ0) is 18.2. The molecule has 0 saturated carbocycles. The minimum atomic E-state index is -1.12. The van der Waals surface area contributed by atoms with Crippen LogP contribution < -0.4 is 5.32 Å². The number of carbonyl (C=O) groups excluding carboxylic acids is 2. The molecule has 0 aromatic heterocycles. The molecule has 1 N–H and O–H groups in total. The maximum Gasteiger partial charge on any atom is 0.239 e. The van der Waals surface area contributed by atoms with E-state index in [1.54, 1.807) is 13.2 Å². The molecule has 1 aromatic rings. The van der Waals surface area contributed by atoms with Crippen molar-refractivity contribution < 1.29 is 14.1 Å². The molecule has 0 aliphatic carbocycles. The third kappa shape index (κ3) is 5.75. The highest BCUT2D eigenvalue weighted by atomic mass is 32.2. The number of benzene rings is 1. The summed E-state index contributed by atoms with van der Waals surface area (Å²) in [5.74, 6) is -0.500. The SMILES string of the molecule is CC1C(=O)N(CC(=O)NCCCCCCc2ccccc2)C1[S+](C)[O-]. The molecule has 1 aliphatic rings. The number of β-lactam (4-membered cyclic amide) rings is 1. The first-order valence-corrected chi connectivity index (χ1v) is 10.6. The molecule has 6 heteroatoms. The van der Waals surface area contributed by atoms with Crippen LogP contribution in [0.5, 0.6) is 0 Å². The van der Waals surface area contributed by atoms with Gasteiger partial charge in [0.25, 0.3) is 0 Å². The zero-order valence-electron chi connectivity index (χ0n) is 15.1. The van der Waals surface area contributed by atoms with E-state index in [9.17, 15) is 14.1 Å². The van der Waals surface area contributed by atoms with E-state index in [4.69, 9.17) is 0 Å². The minimum absolute atomic E-state index is 0.0153. The molecule has 1 saturated heterocycles. The molecule has 0 radical (unpaired) electrons. The van der Waals surface area contributed by atoms with Crippen LogP contribution in [-0.4, -0.2) is 46.0 Å². The van der Waals surface area contributed by atoms with Crippen molar-refractivity contribution in [1.82, 2.24) is 10.2 Å². The molecule has 2 rings (SSSR count). The summed E-state index contributed by atoms with van der Waals surface area (Å²) >= 11 is -1.12. The Labute approximate surface area is 153 Å². The largest absolute Gasteiger partial charge is 0.615 e. The third-order valence-electron chi connectivity index (χ3n) is 4.62. The minimum Gasteiger partial charge on any atom is -0.615 e. The molecule has 138 valence electrons. The van der Waals surface area contributed by atoms with Crippen LogP contribution >= 0.6 is 0 Å². The number of nitrogens with zero attached hydrogens (tertiary/aromatic N) is 1. The van der Waals surface area contributed by atoms with Gasteiger partial charge in [-0.3, -0.25) is 14.5 Å². The molecule has 1 heterocycles. The predicted molar refractivity (Wildman–Crippen MR) is 100 cm³/mol. The second kappa shape index (κ2) is 9.82. The van der Waals surface area contributed by atoms with Crippen molar-refractivity contribution in [3.8, 4) is 0 Å². The fraction of sp³-hybridized carbons (Fsp3) is 0.579. The number of aryl methyl sites for hydroxylation is 1. The van der Waals surface area contributed by atoms with Gasteiger partial charge < -0.3 is 9.87 Å². The summed E-state index contributed by atoms with van der Waals surface area (Å²) < 4.78 is 11.6. The van der Waals surface area contributed by atoms with Crippen LogP contribution in [0.25, 0.3) is 0 Å². The molecule has 1 aromatic carbocycles. The van der Waals surface area contributed by atoms with Crippen LogP contribution in [0.1, 0.15) is 38.2 Å². The van der Waals surface area contributed by atoms with Gasteiger partial charge in [0.2, 0.25) is 17.2 Å². The first-order valence-electron chi connectivity index (χ1n) is 8.94. The van der Waals surface area contributed by atoms with Crippen LogP contribution in [0.4, 0.5) is 0 Å². The summed E-state index contributed by atoms with van der Waals surface area (Å²) in [6.45, 7) is 2.40. The Hall–Kier alpha value is -1.53. The summed E-state index contributed by atoms with van der Waals surface area (Å²) in [6, 6.07) is 10.4. The second-order valence-corrected chi connectivity index (χ2v) is 8.12. The second-order valence-electron chi connectivity index (χ2n) is 6.64. The Morgan fingerprint density at radius 2 is 1.88 bits per heavy atom. The van der Waals surface area contributed by atoms with Crippen LogP contribution in [0.3, 0.4) is 0 Å². The molecule has 0 spiro atoms. The van der Waals surface area contributed by atoms with Crippen molar-refractivity contribution in [3.05, 3.63) is 35.9 Å². The van der Waals surface area contributed by atoms with E-state index in [0.717, 1.165) is 32.1 Å². The van der Waals surface area contributed by atoms with Gasteiger partial charge in [-0.2, -0.15) is 0 Å². The molecular formula is C19H28N2O3S. The van der Waals surface area contributed by atoms with E-state index in [2.05, 4.69) is 29.6 Å². The van der Waals surface area contributed by atoms with Gasteiger partial charge in [-0.25, -0.2) is 0 Å². The lowest BCUT2D eigenvalue weighted by molar-refractivity contribution is -0.152. The fourth-order valence-electron chi connectivity index (χ4n) is 3.22. The number of hydrogen-bond donors (Lipinski definition) is 1. The summed E-state index contributed by atoms with van der Waals surface area (Å²) in [5.41, 5.74) is 1.37. The molecule has 5 nitrogen and oxygen atoms in total. The van der Waals surface area contributed by atoms with Crippen LogP contribution in [0.2, 0.25) is 0 Å². The van der Waals surface area contributed by atoms with Crippen molar-refractivity contribution in [3.63, 3.8) is 0 Å². The molecule has 3 unspecified atom stereocenters. The van der Waals surface area contributed by atoms with E-state index in [1.807, 2.05) is 6.07 Å². The van der Waals surface area contributed by atoms with Gasteiger partial charge in [-0.15, -0.1) is 0 Å². The van der Waals surface area contributed by atoms with Crippen molar-refractivity contribution in [2.75, 3.05) is 19.3 Å². The number of amides is 2. The van der Waals surface area contributed by atoms with Gasteiger partial charge in [0.1, 0.15) is 12.5 Å². The van der Waals surface area contributed by atoms with E-state index in [1.165, 1.54) is 10.5 Å². The average molecular weight is 365 g/mol. The number of carbonyl (C=O) groups is 2. The molecule has 0 bridgehead atoms. The first-order chi connectivity index (χ1) is 12.0. The van der Waals surface area contributed by atoms with Gasteiger partial charge in [-0.05, 0) is 42.9 Å². The highest BCUT2D eigenvalue weighted by molar-refractivity contribution is 7.91. The lowest BCUT2D eigenvalue weighted by Crippen LogP contribution is -2.64. The number of likely N-dealkylation sites (tertiary alicyclic amines) is 1. The van der Waals surface area contributed by atoms with E-state index < -0.39 is 11.2 Å². The van der Waals surface area contributed by atoms with E-state index >= 15 is 0 Å². The summed E-state index contributed by atoms with van der Waals surface area (Å²) in [6.07, 6.45) is 6.99. The lowest BCUT2D eigenvalue weighted by Gasteiger charge is -2.43. The highest BCUT2D eigenvalue weighted by Gasteiger charge is 2.51. The fourth-order valence-corrected chi connectivity index (χ4v) is 4.45. The van der Waals surface area contributed by atoms with Crippen LogP contribution in [-0.2, 0) is 27.2 Å². The smallest absolute Gasteiger partial charge is 0.239 e. The van der Waals surface area contributed by atoms with Crippen LogP contribution in [0.15, 0.2) is 30.3 Å². The third-order valence-corrected chi connectivity index (χ3v) is 5.96. The highest BCUT2D eigenvalue weighted by Crippen LogP contribution is 2.29. The van der Waals surface area contributed by atoms with Gasteiger partial charge in [0.05, 0.1) is 6.26 Å². The van der Waals surface area contributed by atoms with Gasteiger partial charge >= 0.3 is 0 Å². The maximum atomic E-state index is 11.9. The zero-order valence-corrected chi connectivity index (χ0v) is 15.9. The molecule has 2 amide bonds. The average Bonchev–Trinajstić information content (AvgIpc) is 2.60. The summed E-state index contributed by atoms with van der Waals surface area (Å²) in [4.78, 5) is 25.2. The normalized spacial score (nSPS) is 20.9. The topological polar surface area (TPSA) is 72.5 Å². The molecule has 1 fully saturated rings. The number of unbranched alkanes of at least 4 members (excludes halogenated alkanes) is 3. The molecular weight excluding hydrogens is 336 g/mol. The van der Waals surface area contributed by atoms with Crippen molar-refractivity contribution >= 4 is 23.0 Å². The predicted octanol–water partition coefficient (Wildman–Crippen LogP) is 2.09. The summed E-state index contributed by atoms with van der Waals surface area (Å²) in [5, 5.41) is 2.53. The molecule has 3 atom stereocenters. The van der Waals surface area contributed by atoms with Crippen molar-refractivity contribution in [2.45, 2.75) is 44.4 Å². The standard InChI is InChI=1S/C19H28N2O3S/c1-15-18(23)21(19(15)25(2)24)14-17(22)20-13-9-4-3-6-10-16-11-7-5-8-12-16/h5,7-8,11-12,15,19H,3-4,6,9-10,13-14H2,1-2H3,(H,20,22). The number of hydrogen-bond acceptors (Lipinski definition) is 3. The van der Waals surface area contributed by atoms with E-state index in [0.29, 0.717) is 6.54 Å². The van der Waals surface area contributed by atoms with Crippen molar-refractivity contribution in [1.29, 1.82) is 0 Å². The van der Waals surface area contributed by atoms with Gasteiger partial charge in [-0.1, -0.05) is 43.2 Å². The Kier molecular flexibility index (Phi) is 7.78. The van der Waals surface area contributed by atoms with Crippen molar-refractivity contribution in [2.24, 2.45) is 5.92 Å². The number of rotatable bonds is 10. The van der Waals surface area contributed by atoms with Gasteiger partial charge in [0, 0.05) is 6.54 Å². The Bertz CT molecular complexity index is 565. The molecule has 25 heavy (non-hydrogen) atoms. The Balaban J connectivity index is 1.53. The van der Waals surface area contributed by atoms with E-state index in [-0.39, 0.29) is 29.7 Å². The first kappa shape index (κ1) is 19.8. The number of nitrogens with one attached hydrogen (secondary N) is 1. The Morgan fingerprint density at radius 1 is 1.20 bits per heavy atom. The quantitative estimate of drug-likeness (QED) is 0.392. The van der Waals surface area contributed by atoms with Gasteiger partial charge in [0.15, 0.2) is 0 Å². The van der Waals surface area contributed by atoms with Crippen LogP contribution in [0, 0.1) is 5.92 Å². The summed E-state index contributed by atoms with van der Waals surface area (Å²) in [7, 11) is 0. The maximum absolute atomic E-state index is 11.9. The Morgan fingerprint density at radius 3 is 2.56 bits per heavy atom. The lowest BCUT2D eigenvalue weighted by atomic mass is 10.0.